The fraction of sp³-hybridized carbons (Fsp3) is 0.222. The van der Waals surface area contributed by atoms with E-state index in [-0.39, 0.29) is 13.1 Å². The average Bonchev–Trinajstić information content (AvgIpc) is 2.17. The van der Waals surface area contributed by atoms with Crippen molar-refractivity contribution in [1.82, 2.24) is 0 Å². The van der Waals surface area contributed by atoms with Gasteiger partial charge in [-0.25, -0.2) is 4.79 Å². The lowest BCUT2D eigenvalue weighted by molar-refractivity contribution is 0.209. The molecule has 0 aliphatic heterocycles. The molecule has 0 aromatic heterocycles. The summed E-state index contributed by atoms with van der Waals surface area (Å²) in [7, 11) is 0. The number of para-hydroxylation sites is 1. The van der Waals surface area contributed by atoms with Crippen molar-refractivity contribution in [2.75, 3.05) is 5.32 Å². The smallest absolute Gasteiger partial charge is 0.409 e. The highest BCUT2D eigenvalue weighted by Gasteiger charge is 2.08. The molecule has 0 saturated carbocycles. The van der Waals surface area contributed by atoms with E-state index < -0.39 is 6.09 Å². The number of carbonyl (C=O) groups is 1. The maximum atomic E-state index is 10.5. The molecule has 76 valence electrons. The van der Waals surface area contributed by atoms with Crippen molar-refractivity contribution in [3.05, 3.63) is 29.3 Å². The highest BCUT2D eigenvalue weighted by atomic mass is 16.4. The summed E-state index contributed by atoms with van der Waals surface area (Å²) >= 11 is 0. The maximum Gasteiger partial charge on any atom is 0.409 e. The molecular formula is C9H13N3O2. The molecule has 0 radical (unpaired) electrons. The summed E-state index contributed by atoms with van der Waals surface area (Å²) in [6, 6.07) is 5.34. The Balaban J connectivity index is 3.12. The van der Waals surface area contributed by atoms with Crippen molar-refractivity contribution in [3.63, 3.8) is 0 Å². The van der Waals surface area contributed by atoms with Crippen LogP contribution in [0.5, 0.6) is 0 Å². The largest absolute Gasteiger partial charge is 0.465 e. The van der Waals surface area contributed by atoms with Crippen LogP contribution in [0.15, 0.2) is 18.2 Å². The van der Waals surface area contributed by atoms with E-state index in [1.807, 2.05) is 0 Å². The molecule has 14 heavy (non-hydrogen) atoms. The lowest BCUT2D eigenvalue weighted by Crippen LogP contribution is -2.14. The number of rotatable bonds is 3. The highest BCUT2D eigenvalue weighted by Crippen LogP contribution is 2.20. The Hall–Kier alpha value is -1.59. The van der Waals surface area contributed by atoms with Crippen LogP contribution in [-0.4, -0.2) is 11.2 Å². The molecule has 1 aromatic rings. The average molecular weight is 195 g/mol. The normalized spacial score (nSPS) is 9.86. The molecule has 0 fully saturated rings. The fourth-order valence-electron chi connectivity index (χ4n) is 1.26. The summed E-state index contributed by atoms with van der Waals surface area (Å²) in [6.45, 7) is 0.562. The molecule has 0 unspecified atom stereocenters. The molecule has 5 heteroatoms. The third-order valence-corrected chi connectivity index (χ3v) is 1.91. The van der Waals surface area contributed by atoms with Crippen molar-refractivity contribution in [2.24, 2.45) is 11.5 Å². The summed E-state index contributed by atoms with van der Waals surface area (Å²) in [5.41, 5.74) is 12.9. The molecule has 0 saturated heterocycles. The fourth-order valence-corrected chi connectivity index (χ4v) is 1.26. The third-order valence-electron chi connectivity index (χ3n) is 1.91. The van der Waals surface area contributed by atoms with Crippen LogP contribution in [0.2, 0.25) is 0 Å². The van der Waals surface area contributed by atoms with Crippen LogP contribution in [0.25, 0.3) is 0 Å². The molecule has 0 aliphatic carbocycles. The molecule has 0 aliphatic rings. The topological polar surface area (TPSA) is 101 Å². The van der Waals surface area contributed by atoms with Gasteiger partial charge in [-0.3, -0.25) is 5.32 Å². The van der Waals surface area contributed by atoms with Crippen molar-refractivity contribution in [2.45, 2.75) is 13.1 Å². The molecule has 0 spiro atoms. The zero-order chi connectivity index (χ0) is 10.6. The molecule has 0 bridgehead atoms. The van der Waals surface area contributed by atoms with Crippen LogP contribution < -0.4 is 16.8 Å². The minimum atomic E-state index is -1.11. The van der Waals surface area contributed by atoms with Crippen LogP contribution in [-0.2, 0) is 13.1 Å². The number of amides is 1. The maximum absolute atomic E-state index is 10.5. The number of anilines is 1. The minimum absolute atomic E-state index is 0.281. The minimum Gasteiger partial charge on any atom is -0.465 e. The van der Waals surface area contributed by atoms with E-state index in [0.717, 1.165) is 11.1 Å². The van der Waals surface area contributed by atoms with Crippen molar-refractivity contribution in [3.8, 4) is 0 Å². The van der Waals surface area contributed by atoms with Crippen LogP contribution >= 0.6 is 0 Å². The number of hydrogen-bond acceptors (Lipinski definition) is 3. The van der Waals surface area contributed by atoms with Gasteiger partial charge in [0.2, 0.25) is 0 Å². The Morgan fingerprint density at radius 3 is 2.14 bits per heavy atom. The van der Waals surface area contributed by atoms with E-state index in [1.54, 1.807) is 18.2 Å². The molecule has 6 N–H and O–H groups in total. The van der Waals surface area contributed by atoms with Gasteiger partial charge >= 0.3 is 6.09 Å². The number of nitrogens with two attached hydrogens (primary N) is 2. The second kappa shape index (κ2) is 4.59. The Morgan fingerprint density at radius 1 is 1.29 bits per heavy atom. The van der Waals surface area contributed by atoms with E-state index in [9.17, 15) is 4.79 Å². The molecular weight excluding hydrogens is 182 g/mol. The van der Waals surface area contributed by atoms with E-state index >= 15 is 0 Å². The zero-order valence-electron chi connectivity index (χ0n) is 7.66. The lowest BCUT2D eigenvalue weighted by atomic mass is 10.1. The third kappa shape index (κ3) is 2.21. The molecule has 1 amide bonds. The summed E-state index contributed by atoms with van der Waals surface area (Å²) < 4.78 is 0. The van der Waals surface area contributed by atoms with Crippen LogP contribution in [0.4, 0.5) is 10.5 Å². The lowest BCUT2D eigenvalue weighted by Gasteiger charge is -2.11. The second-order valence-electron chi connectivity index (χ2n) is 2.79. The summed E-state index contributed by atoms with van der Waals surface area (Å²) in [5.74, 6) is 0. The van der Waals surface area contributed by atoms with Crippen molar-refractivity contribution in [1.29, 1.82) is 0 Å². The Morgan fingerprint density at radius 2 is 1.79 bits per heavy atom. The van der Waals surface area contributed by atoms with Gasteiger partial charge in [0.15, 0.2) is 0 Å². The number of hydrogen-bond donors (Lipinski definition) is 4. The first-order chi connectivity index (χ1) is 6.69. The van der Waals surface area contributed by atoms with Gasteiger partial charge in [-0.15, -0.1) is 0 Å². The molecule has 5 nitrogen and oxygen atoms in total. The summed E-state index contributed by atoms with van der Waals surface area (Å²) in [4.78, 5) is 10.5. The predicted molar refractivity (Wildman–Crippen MR) is 53.9 cm³/mol. The van der Waals surface area contributed by atoms with E-state index in [1.165, 1.54) is 0 Å². The Labute approximate surface area is 81.7 Å². The van der Waals surface area contributed by atoms with Gasteiger partial charge in [0, 0.05) is 13.1 Å². The monoisotopic (exact) mass is 195 g/mol. The van der Waals surface area contributed by atoms with Crippen molar-refractivity contribution >= 4 is 11.8 Å². The second-order valence-corrected chi connectivity index (χ2v) is 2.79. The highest BCUT2D eigenvalue weighted by molar-refractivity contribution is 5.85. The van der Waals surface area contributed by atoms with Gasteiger partial charge in [0.05, 0.1) is 5.69 Å². The van der Waals surface area contributed by atoms with Gasteiger partial charge in [0.1, 0.15) is 0 Å². The first-order valence-corrected chi connectivity index (χ1v) is 4.20. The van der Waals surface area contributed by atoms with Gasteiger partial charge in [-0.1, -0.05) is 18.2 Å². The molecule has 1 aromatic carbocycles. The van der Waals surface area contributed by atoms with E-state index in [2.05, 4.69) is 5.32 Å². The number of carboxylic acid groups (broad SMARTS) is 1. The van der Waals surface area contributed by atoms with Gasteiger partial charge < -0.3 is 16.6 Å². The van der Waals surface area contributed by atoms with Gasteiger partial charge in [-0.05, 0) is 11.1 Å². The standard InChI is InChI=1S/C9H13N3O2/c10-4-6-2-1-3-7(5-11)8(6)12-9(13)14/h1-3,12H,4-5,10-11H2,(H,13,14). The number of benzene rings is 1. The number of nitrogens with one attached hydrogen (secondary N) is 1. The summed E-state index contributed by atoms with van der Waals surface area (Å²) in [6.07, 6.45) is -1.11. The molecule has 0 atom stereocenters. The van der Waals surface area contributed by atoms with Crippen LogP contribution in [0.1, 0.15) is 11.1 Å². The Kier molecular flexibility index (Phi) is 3.44. The van der Waals surface area contributed by atoms with Crippen molar-refractivity contribution < 1.29 is 9.90 Å². The molecule has 0 heterocycles. The van der Waals surface area contributed by atoms with Gasteiger partial charge in [-0.2, -0.15) is 0 Å². The summed E-state index contributed by atoms with van der Waals surface area (Å²) in [5, 5.41) is 10.9. The van der Waals surface area contributed by atoms with Crippen LogP contribution in [0, 0.1) is 0 Å². The first kappa shape index (κ1) is 10.5. The zero-order valence-corrected chi connectivity index (χ0v) is 7.66. The Bertz CT molecular complexity index is 317. The molecule has 1 rings (SSSR count). The van der Waals surface area contributed by atoms with Crippen LogP contribution in [0.3, 0.4) is 0 Å². The SMILES string of the molecule is NCc1cccc(CN)c1NC(=O)O. The van der Waals surface area contributed by atoms with E-state index in [4.69, 9.17) is 16.6 Å². The quantitative estimate of drug-likeness (QED) is 0.570. The predicted octanol–water partition coefficient (Wildman–Crippen LogP) is 0.694. The van der Waals surface area contributed by atoms with E-state index in [0.29, 0.717) is 5.69 Å². The van der Waals surface area contributed by atoms with Gasteiger partial charge in [0.25, 0.3) is 0 Å². The first-order valence-electron chi connectivity index (χ1n) is 4.20.